The molecule has 0 amide bonds. The van der Waals surface area contributed by atoms with E-state index < -0.39 is 50.4 Å². The lowest BCUT2D eigenvalue weighted by atomic mass is 10.0. The Morgan fingerprint density at radius 2 is 2.02 bits per heavy atom. The number of anilines is 1. The van der Waals surface area contributed by atoms with E-state index in [1.54, 1.807) is 42.5 Å². The summed E-state index contributed by atoms with van der Waals surface area (Å²) in [7, 11) is -4.26. The molecule has 0 spiro atoms. The second-order valence-corrected chi connectivity index (χ2v) is 11.7. The number of fused-ring (bicyclic) bond motifs is 1. The minimum atomic E-state index is -4.26. The van der Waals surface area contributed by atoms with Gasteiger partial charge in [-0.1, -0.05) is 18.2 Å². The number of aliphatic hydroxyl groups excluding tert-OH is 2. The normalized spacial score (nSPS) is 27.0. The molecule has 220 valence electrons. The number of aliphatic imine (C=N–C) groups is 1. The summed E-state index contributed by atoms with van der Waals surface area (Å²) in [5.74, 6) is -0.197. The van der Waals surface area contributed by atoms with Gasteiger partial charge in [0.2, 0.25) is 5.72 Å². The van der Waals surface area contributed by atoms with Gasteiger partial charge in [-0.25, -0.2) is 14.1 Å². The first-order valence-electron chi connectivity index (χ1n) is 13.2. The van der Waals surface area contributed by atoms with Gasteiger partial charge in [-0.15, -0.1) is 0 Å². The van der Waals surface area contributed by atoms with Crippen molar-refractivity contribution >= 4 is 31.8 Å². The summed E-state index contributed by atoms with van der Waals surface area (Å²) < 4.78 is 38.2. The lowest BCUT2D eigenvalue weighted by Crippen LogP contribution is -2.40. The summed E-state index contributed by atoms with van der Waals surface area (Å²) in [5, 5.41) is 28.8. The number of hydrogen-bond acceptors (Lipinski definition) is 12. The summed E-state index contributed by atoms with van der Waals surface area (Å²) in [5.41, 5.74) is 4.73. The number of esters is 1. The highest BCUT2D eigenvalue weighted by Crippen LogP contribution is 2.47. The number of nitrogen functional groups attached to an aromatic ring is 1. The molecule has 2 aromatic heterocycles. The summed E-state index contributed by atoms with van der Waals surface area (Å²) in [6.07, 6.45) is 0.172. The molecule has 0 radical (unpaired) electrons. The molecule has 2 fully saturated rings. The standard InChI is InChI=1S/C26H33N6O8P/c1-16(25(35)38-17-8-6-7-9-17)31-41(36,40-18-10-4-3-5-11-18)37-14-20-22(33)23(34)26(28-2,39-20)21-13-12-19-24(27)29-15-30-32(19)21/h3-5,10-13,15-17,20,22-23,33-34H,2,6-9,14H2,1H3,(H,31,36)(H2,27,29,30)/t16-,20+,22+,23+,26-,41?/m0/s1. The van der Waals surface area contributed by atoms with Crippen molar-refractivity contribution in [3.8, 4) is 5.75 Å². The minimum absolute atomic E-state index is 0.184. The van der Waals surface area contributed by atoms with Crippen molar-refractivity contribution < 1.29 is 38.1 Å². The van der Waals surface area contributed by atoms with Crippen LogP contribution in [0.5, 0.6) is 5.75 Å². The van der Waals surface area contributed by atoms with E-state index in [9.17, 15) is 19.6 Å². The quantitative estimate of drug-likeness (QED) is 0.145. The fraction of sp³-hybridized carbons (Fsp3) is 0.462. The highest BCUT2D eigenvalue weighted by molar-refractivity contribution is 7.52. The molecule has 1 saturated heterocycles. The van der Waals surface area contributed by atoms with Crippen molar-refractivity contribution in [3.05, 3.63) is 54.5 Å². The van der Waals surface area contributed by atoms with Crippen LogP contribution >= 0.6 is 7.75 Å². The second-order valence-electron chi connectivity index (χ2n) is 10.00. The lowest BCUT2D eigenvalue weighted by Gasteiger charge is -2.27. The van der Waals surface area contributed by atoms with Gasteiger partial charge in [-0.2, -0.15) is 10.2 Å². The molecule has 3 aromatic rings. The molecule has 41 heavy (non-hydrogen) atoms. The highest BCUT2D eigenvalue weighted by atomic mass is 31.2. The number of aromatic nitrogens is 3. The molecule has 1 aliphatic carbocycles. The molecule has 3 heterocycles. The molecule has 5 rings (SSSR count). The maximum Gasteiger partial charge on any atom is 0.459 e. The number of hydrogen-bond donors (Lipinski definition) is 4. The van der Waals surface area contributed by atoms with Gasteiger partial charge in [0.1, 0.15) is 53.7 Å². The number of nitrogens with zero attached hydrogens (tertiary/aromatic N) is 4. The average molecular weight is 589 g/mol. The fourth-order valence-corrected chi connectivity index (χ4v) is 6.53. The van der Waals surface area contributed by atoms with Gasteiger partial charge in [0, 0.05) is 0 Å². The fourth-order valence-electron chi connectivity index (χ4n) is 5.03. The molecule has 15 heteroatoms. The predicted molar refractivity (Wildman–Crippen MR) is 147 cm³/mol. The number of carbonyl (C=O) groups excluding carboxylic acids is 1. The summed E-state index contributed by atoms with van der Waals surface area (Å²) >= 11 is 0. The Kier molecular flexibility index (Phi) is 8.41. The molecule has 5 N–H and O–H groups in total. The Bertz CT molecular complexity index is 1430. The molecule has 0 bridgehead atoms. The smallest absolute Gasteiger partial charge is 0.459 e. The van der Waals surface area contributed by atoms with Crippen LogP contribution in [0.2, 0.25) is 0 Å². The molecular weight excluding hydrogens is 555 g/mol. The van der Waals surface area contributed by atoms with Gasteiger partial charge in [-0.3, -0.25) is 14.3 Å². The first-order chi connectivity index (χ1) is 19.7. The zero-order chi connectivity index (χ0) is 29.2. The van der Waals surface area contributed by atoms with Crippen molar-refractivity contribution in [1.82, 2.24) is 19.7 Å². The molecule has 1 saturated carbocycles. The number of ether oxygens (including phenoxy) is 2. The van der Waals surface area contributed by atoms with Crippen molar-refractivity contribution in [1.29, 1.82) is 0 Å². The van der Waals surface area contributed by atoms with Crippen molar-refractivity contribution in [2.24, 2.45) is 4.99 Å². The van der Waals surface area contributed by atoms with Gasteiger partial charge in [0.15, 0.2) is 5.82 Å². The van der Waals surface area contributed by atoms with E-state index in [1.807, 2.05) is 0 Å². The largest absolute Gasteiger partial charge is 0.461 e. The average Bonchev–Trinajstić information content (AvgIpc) is 3.69. The van der Waals surface area contributed by atoms with Crippen LogP contribution in [-0.4, -0.2) is 74.6 Å². The molecule has 14 nitrogen and oxygen atoms in total. The van der Waals surface area contributed by atoms with Gasteiger partial charge >= 0.3 is 13.7 Å². The Morgan fingerprint density at radius 3 is 2.73 bits per heavy atom. The number of nitrogens with one attached hydrogen (secondary N) is 1. The third-order valence-corrected chi connectivity index (χ3v) is 8.83. The number of carbonyl (C=O) groups is 1. The Labute approximate surface area is 236 Å². The first kappa shape index (κ1) is 29.1. The second kappa shape index (κ2) is 11.8. The molecule has 1 aliphatic heterocycles. The topological polar surface area (TPSA) is 192 Å². The monoisotopic (exact) mass is 588 g/mol. The zero-order valence-corrected chi connectivity index (χ0v) is 23.3. The van der Waals surface area contributed by atoms with Crippen molar-refractivity contribution in [2.75, 3.05) is 12.3 Å². The van der Waals surface area contributed by atoms with E-state index in [0.717, 1.165) is 25.7 Å². The van der Waals surface area contributed by atoms with Crippen LogP contribution < -0.4 is 15.3 Å². The third-order valence-electron chi connectivity index (χ3n) is 7.19. The van der Waals surface area contributed by atoms with Gasteiger partial charge in [-0.05, 0) is 63.6 Å². The van der Waals surface area contributed by atoms with Crippen LogP contribution in [0, 0.1) is 0 Å². The Hall–Kier alpha value is -3.39. The number of nitrogens with two attached hydrogens (primary N) is 1. The minimum Gasteiger partial charge on any atom is -0.461 e. The SMILES string of the molecule is C=N[C@@]1(c2ccc3c(N)ncnn23)O[C@H](COP(=O)(N[C@@H](C)C(=O)OC2CCCC2)Oc2ccccc2)[C@@H](O)[C@H]1O. The van der Waals surface area contributed by atoms with E-state index in [4.69, 9.17) is 24.3 Å². The number of aliphatic hydroxyl groups is 2. The van der Waals surface area contributed by atoms with Gasteiger partial charge in [0.05, 0.1) is 6.61 Å². The summed E-state index contributed by atoms with van der Waals surface area (Å²) in [6, 6.07) is 10.4. The van der Waals surface area contributed by atoms with Gasteiger partial charge < -0.3 is 29.9 Å². The van der Waals surface area contributed by atoms with Crippen LogP contribution in [-0.2, 0) is 29.1 Å². The van der Waals surface area contributed by atoms with Crippen LogP contribution in [0.15, 0.2) is 53.8 Å². The highest BCUT2D eigenvalue weighted by Gasteiger charge is 2.57. The molecule has 6 atom stereocenters. The summed E-state index contributed by atoms with van der Waals surface area (Å²) in [4.78, 5) is 20.7. The maximum absolute atomic E-state index is 13.9. The number of para-hydroxylation sites is 1. The Balaban J connectivity index is 1.35. The molecule has 1 unspecified atom stereocenters. The lowest BCUT2D eigenvalue weighted by molar-refractivity contribution is -0.150. The molecule has 1 aromatic carbocycles. The number of benzene rings is 1. The summed E-state index contributed by atoms with van der Waals surface area (Å²) in [6.45, 7) is 4.54. The third kappa shape index (κ3) is 5.85. The molecular formula is C26H33N6O8P. The van der Waals surface area contributed by atoms with E-state index in [1.165, 1.54) is 17.8 Å². The molecule has 2 aliphatic rings. The van der Waals surface area contributed by atoms with E-state index in [2.05, 4.69) is 26.9 Å². The van der Waals surface area contributed by atoms with Crippen LogP contribution in [0.4, 0.5) is 5.82 Å². The van der Waals surface area contributed by atoms with Gasteiger partial charge in [0.25, 0.3) is 0 Å². The Morgan fingerprint density at radius 1 is 1.29 bits per heavy atom. The van der Waals surface area contributed by atoms with E-state index >= 15 is 0 Å². The van der Waals surface area contributed by atoms with Crippen LogP contribution in [0.25, 0.3) is 5.52 Å². The van der Waals surface area contributed by atoms with Crippen molar-refractivity contribution in [2.45, 2.75) is 68.8 Å². The zero-order valence-electron chi connectivity index (χ0n) is 22.4. The predicted octanol–water partition coefficient (Wildman–Crippen LogP) is 1.95. The van der Waals surface area contributed by atoms with Crippen molar-refractivity contribution in [3.63, 3.8) is 0 Å². The van der Waals surface area contributed by atoms with Crippen LogP contribution in [0.1, 0.15) is 38.3 Å². The maximum atomic E-state index is 13.9. The van der Waals surface area contributed by atoms with E-state index in [-0.39, 0.29) is 23.4 Å². The van der Waals surface area contributed by atoms with E-state index in [0.29, 0.717) is 5.52 Å². The first-order valence-corrected chi connectivity index (χ1v) is 14.8. The number of rotatable bonds is 11. The van der Waals surface area contributed by atoms with Crippen LogP contribution in [0.3, 0.4) is 0 Å².